The highest BCUT2D eigenvalue weighted by molar-refractivity contribution is 5.98. The third-order valence-corrected chi connectivity index (χ3v) is 5.99. The molecule has 0 amide bonds. The SMILES string of the molecule is Cc1cncc(-c2cncc3[nH]c(-c4n[nH]c5ccc(-c6cncc(CN(C)C)c6)cc45)nc23)c1. The Bertz CT molecular complexity index is 1680. The number of H-pyrrole nitrogens is 2. The summed E-state index contributed by atoms with van der Waals surface area (Å²) in [4.78, 5) is 23.7. The fourth-order valence-electron chi connectivity index (χ4n) is 4.43. The number of imidazole rings is 1. The van der Waals surface area contributed by atoms with E-state index in [9.17, 15) is 0 Å². The number of pyridine rings is 3. The number of fused-ring (bicyclic) bond motifs is 2. The van der Waals surface area contributed by atoms with Gasteiger partial charge in [-0.3, -0.25) is 20.1 Å². The molecule has 1 aromatic carbocycles. The van der Waals surface area contributed by atoms with Gasteiger partial charge in [0.1, 0.15) is 11.2 Å². The lowest BCUT2D eigenvalue weighted by Crippen LogP contribution is -2.10. The topological polar surface area (TPSA) is 99.3 Å². The van der Waals surface area contributed by atoms with Crippen molar-refractivity contribution in [2.24, 2.45) is 0 Å². The van der Waals surface area contributed by atoms with Crippen molar-refractivity contribution < 1.29 is 0 Å². The molecule has 0 saturated heterocycles. The van der Waals surface area contributed by atoms with Crippen LogP contribution >= 0.6 is 0 Å². The first kappa shape index (κ1) is 21.1. The molecule has 8 nitrogen and oxygen atoms in total. The number of hydrogen-bond acceptors (Lipinski definition) is 6. The second kappa shape index (κ2) is 8.41. The second-order valence-electron chi connectivity index (χ2n) is 9.07. The van der Waals surface area contributed by atoms with Crippen molar-refractivity contribution in [3.8, 4) is 33.8 Å². The predicted molar refractivity (Wildman–Crippen MR) is 138 cm³/mol. The molecule has 6 aromatic rings. The molecule has 0 aliphatic carbocycles. The lowest BCUT2D eigenvalue weighted by atomic mass is 10.0. The first-order chi connectivity index (χ1) is 17.0. The number of benzene rings is 1. The minimum absolute atomic E-state index is 0.692. The van der Waals surface area contributed by atoms with E-state index in [-0.39, 0.29) is 0 Å². The molecule has 6 rings (SSSR count). The van der Waals surface area contributed by atoms with E-state index in [1.54, 1.807) is 6.20 Å². The summed E-state index contributed by atoms with van der Waals surface area (Å²) in [6.45, 7) is 2.87. The van der Waals surface area contributed by atoms with E-state index in [2.05, 4.69) is 73.4 Å². The van der Waals surface area contributed by atoms with Gasteiger partial charge in [0.05, 0.1) is 17.2 Å². The lowest BCUT2D eigenvalue weighted by Gasteiger charge is -2.10. The molecule has 0 aliphatic heterocycles. The zero-order valence-corrected chi connectivity index (χ0v) is 19.7. The Kier molecular flexibility index (Phi) is 5.08. The Labute approximate surface area is 202 Å². The molecule has 5 aromatic heterocycles. The van der Waals surface area contributed by atoms with Crippen LogP contribution < -0.4 is 0 Å². The van der Waals surface area contributed by atoms with Gasteiger partial charge in [0, 0.05) is 59.6 Å². The molecule has 35 heavy (non-hydrogen) atoms. The maximum absolute atomic E-state index is 4.94. The summed E-state index contributed by atoms with van der Waals surface area (Å²) in [5.41, 5.74) is 9.74. The van der Waals surface area contributed by atoms with Gasteiger partial charge in [-0.2, -0.15) is 5.10 Å². The van der Waals surface area contributed by atoms with Crippen molar-refractivity contribution in [2.75, 3.05) is 14.1 Å². The van der Waals surface area contributed by atoms with Crippen LogP contribution in [0.2, 0.25) is 0 Å². The Balaban J connectivity index is 1.45. The average Bonchev–Trinajstić information content (AvgIpc) is 3.47. The first-order valence-electron chi connectivity index (χ1n) is 11.4. The quantitative estimate of drug-likeness (QED) is 0.376. The van der Waals surface area contributed by atoms with Crippen LogP contribution in [0, 0.1) is 6.92 Å². The monoisotopic (exact) mass is 460 g/mol. The summed E-state index contributed by atoms with van der Waals surface area (Å²) < 4.78 is 0. The van der Waals surface area contributed by atoms with Crippen molar-refractivity contribution in [3.05, 3.63) is 78.6 Å². The molecule has 0 radical (unpaired) electrons. The minimum Gasteiger partial charge on any atom is -0.335 e. The Morgan fingerprint density at radius 2 is 1.63 bits per heavy atom. The molecule has 0 bridgehead atoms. The fraction of sp³-hybridized carbons (Fsp3) is 0.148. The third kappa shape index (κ3) is 3.94. The molecule has 0 fully saturated rings. The maximum Gasteiger partial charge on any atom is 0.159 e. The highest BCUT2D eigenvalue weighted by atomic mass is 15.1. The van der Waals surface area contributed by atoms with Gasteiger partial charge in [-0.1, -0.05) is 6.07 Å². The smallest absolute Gasteiger partial charge is 0.159 e. The van der Waals surface area contributed by atoms with Crippen LogP contribution in [0.5, 0.6) is 0 Å². The molecule has 172 valence electrons. The van der Waals surface area contributed by atoms with Crippen LogP contribution in [0.3, 0.4) is 0 Å². The fourth-order valence-corrected chi connectivity index (χ4v) is 4.43. The normalized spacial score (nSPS) is 11.7. The minimum atomic E-state index is 0.692. The van der Waals surface area contributed by atoms with Gasteiger partial charge in [0.15, 0.2) is 5.82 Å². The van der Waals surface area contributed by atoms with Crippen molar-refractivity contribution in [1.29, 1.82) is 0 Å². The molecule has 2 N–H and O–H groups in total. The van der Waals surface area contributed by atoms with E-state index >= 15 is 0 Å². The van der Waals surface area contributed by atoms with Crippen LogP contribution in [-0.4, -0.2) is 54.1 Å². The first-order valence-corrected chi connectivity index (χ1v) is 11.4. The zero-order chi connectivity index (χ0) is 23.9. The molecule has 0 aliphatic rings. The molecule has 5 heterocycles. The summed E-state index contributed by atoms with van der Waals surface area (Å²) in [6, 6.07) is 10.6. The number of aromatic nitrogens is 7. The highest BCUT2D eigenvalue weighted by Crippen LogP contribution is 2.32. The summed E-state index contributed by atoms with van der Waals surface area (Å²) in [5.74, 6) is 0.692. The Hall–Kier alpha value is -4.43. The van der Waals surface area contributed by atoms with Gasteiger partial charge >= 0.3 is 0 Å². The van der Waals surface area contributed by atoms with Gasteiger partial charge in [0.2, 0.25) is 0 Å². The van der Waals surface area contributed by atoms with E-state index in [1.165, 1.54) is 5.56 Å². The number of aryl methyl sites for hydroxylation is 1. The van der Waals surface area contributed by atoms with Gasteiger partial charge < -0.3 is 9.88 Å². The molecular formula is C27H24N8. The van der Waals surface area contributed by atoms with Gasteiger partial charge in [-0.05, 0) is 62.0 Å². The molecular weight excluding hydrogens is 436 g/mol. The molecule has 0 saturated carbocycles. The zero-order valence-electron chi connectivity index (χ0n) is 19.7. The number of hydrogen-bond donors (Lipinski definition) is 2. The number of nitrogens with one attached hydrogen (secondary N) is 2. The molecule has 8 heteroatoms. The maximum atomic E-state index is 4.94. The Morgan fingerprint density at radius 1 is 0.800 bits per heavy atom. The van der Waals surface area contributed by atoms with Crippen molar-refractivity contribution >= 4 is 21.9 Å². The number of aromatic amines is 2. The van der Waals surface area contributed by atoms with Crippen LogP contribution in [0.1, 0.15) is 11.1 Å². The number of nitrogens with zero attached hydrogens (tertiary/aromatic N) is 6. The van der Waals surface area contributed by atoms with Crippen molar-refractivity contribution in [1.82, 2.24) is 40.0 Å². The van der Waals surface area contributed by atoms with Crippen LogP contribution in [-0.2, 0) is 6.54 Å². The summed E-state index contributed by atoms with van der Waals surface area (Å²) in [5, 5.41) is 8.73. The second-order valence-corrected chi connectivity index (χ2v) is 9.07. The van der Waals surface area contributed by atoms with Gasteiger partial charge in [-0.25, -0.2) is 4.98 Å². The standard InChI is InChI=1S/C27H24N8/c1-16-6-20(12-28-9-16)22-13-30-14-24-25(22)32-27(31-24)26-21-8-18(4-5-23(21)33-34-26)19-7-17(10-29-11-19)15-35(2)3/h4-14H,15H2,1-3H3,(H,31,32)(H,33,34). The van der Waals surface area contributed by atoms with Gasteiger partial charge in [0.25, 0.3) is 0 Å². The highest BCUT2D eigenvalue weighted by Gasteiger charge is 2.16. The summed E-state index contributed by atoms with van der Waals surface area (Å²) in [6.07, 6.45) is 11.1. The van der Waals surface area contributed by atoms with Crippen LogP contribution in [0.15, 0.2) is 67.5 Å². The van der Waals surface area contributed by atoms with E-state index in [0.717, 1.165) is 62.0 Å². The van der Waals surface area contributed by atoms with E-state index in [0.29, 0.717) is 5.82 Å². The Morgan fingerprint density at radius 3 is 2.49 bits per heavy atom. The van der Waals surface area contributed by atoms with E-state index in [4.69, 9.17) is 4.98 Å². The van der Waals surface area contributed by atoms with E-state index < -0.39 is 0 Å². The van der Waals surface area contributed by atoms with Crippen LogP contribution in [0.4, 0.5) is 0 Å². The van der Waals surface area contributed by atoms with E-state index in [1.807, 2.05) is 44.0 Å². The number of rotatable bonds is 5. The largest absolute Gasteiger partial charge is 0.335 e. The third-order valence-electron chi connectivity index (χ3n) is 5.99. The summed E-state index contributed by atoms with van der Waals surface area (Å²) >= 11 is 0. The lowest BCUT2D eigenvalue weighted by molar-refractivity contribution is 0.402. The van der Waals surface area contributed by atoms with Crippen molar-refractivity contribution in [3.63, 3.8) is 0 Å². The van der Waals surface area contributed by atoms with Crippen LogP contribution in [0.25, 0.3) is 55.7 Å². The molecule has 0 atom stereocenters. The molecule has 0 spiro atoms. The molecule has 0 unspecified atom stereocenters. The van der Waals surface area contributed by atoms with Gasteiger partial charge in [-0.15, -0.1) is 0 Å². The summed E-state index contributed by atoms with van der Waals surface area (Å²) in [7, 11) is 4.11. The predicted octanol–water partition coefficient (Wildman–Crippen LogP) is 5.00. The van der Waals surface area contributed by atoms with Crippen molar-refractivity contribution in [2.45, 2.75) is 13.5 Å². The average molecular weight is 461 g/mol.